The van der Waals surface area contributed by atoms with Crippen molar-refractivity contribution < 1.29 is 9.53 Å². The Bertz CT molecular complexity index is 1060. The number of fused-ring (bicyclic) bond motifs is 1. The lowest BCUT2D eigenvalue weighted by atomic mass is 10.1. The molecule has 2 aromatic rings. The van der Waals surface area contributed by atoms with Gasteiger partial charge in [0.25, 0.3) is 0 Å². The fraction of sp³-hybridized carbons (Fsp3) is 0.259. The van der Waals surface area contributed by atoms with E-state index in [0.717, 1.165) is 33.0 Å². The summed E-state index contributed by atoms with van der Waals surface area (Å²) in [6.45, 7) is 15.9. The zero-order valence-corrected chi connectivity index (χ0v) is 21.4. The number of amides is 1. The van der Waals surface area contributed by atoms with Crippen molar-refractivity contribution in [1.29, 1.82) is 0 Å². The van der Waals surface area contributed by atoms with E-state index < -0.39 is 0 Å². The number of nitrogens with zero attached hydrogens (tertiary/aromatic N) is 2. The predicted octanol–water partition coefficient (Wildman–Crippen LogP) is 7.27. The van der Waals surface area contributed by atoms with Crippen LogP contribution >= 0.6 is 23.4 Å². The van der Waals surface area contributed by atoms with Crippen LogP contribution in [0, 0.1) is 0 Å². The SMILES string of the molecule is C=C/C(Cl)=C(/C)C(=C)OCCCC(=O)N1CCSc2c(-c3cn[nH]c3)cccc21.C=C/C=C\C. The predicted molar refractivity (Wildman–Crippen MR) is 145 cm³/mol. The van der Waals surface area contributed by atoms with Crippen LogP contribution in [0.25, 0.3) is 11.1 Å². The number of allylic oxidation sites excluding steroid dienone is 6. The molecule has 1 amide bonds. The van der Waals surface area contributed by atoms with Gasteiger partial charge in [0.2, 0.25) is 5.91 Å². The third-order valence-corrected chi connectivity index (χ3v) is 6.59. The van der Waals surface area contributed by atoms with Crippen molar-refractivity contribution in [3.63, 3.8) is 0 Å². The van der Waals surface area contributed by atoms with Crippen LogP contribution in [-0.4, -0.2) is 35.0 Å². The van der Waals surface area contributed by atoms with E-state index in [1.807, 2.05) is 49.2 Å². The molecule has 1 aromatic carbocycles. The zero-order chi connectivity index (χ0) is 24.9. The van der Waals surface area contributed by atoms with Crippen LogP contribution in [-0.2, 0) is 9.53 Å². The van der Waals surface area contributed by atoms with Crippen LogP contribution in [0.15, 0.2) is 95.9 Å². The topological polar surface area (TPSA) is 58.2 Å². The first-order chi connectivity index (χ1) is 16.4. The van der Waals surface area contributed by atoms with E-state index in [1.165, 1.54) is 0 Å². The van der Waals surface area contributed by atoms with Crippen molar-refractivity contribution in [1.82, 2.24) is 10.2 Å². The second kappa shape index (κ2) is 14.3. The monoisotopic (exact) mass is 497 g/mol. The standard InChI is InChI=1S/C22H24ClN3O2S.C5H8/c1-4-19(23)15(2)16(3)28-11-6-9-21(27)26-10-12-29-22-18(7-5-8-20(22)26)17-13-24-25-14-17;1-3-5-4-2/h4-5,7-8,13-14H,1,3,6,9-12H2,2H3,(H,24,25);3-5H,1H2,2H3/b19-15+;5-4-. The highest BCUT2D eigenvalue weighted by Crippen LogP contribution is 2.41. The normalized spacial score (nSPS) is 13.3. The molecule has 1 aromatic heterocycles. The quantitative estimate of drug-likeness (QED) is 0.225. The molecule has 1 aliphatic heterocycles. The largest absolute Gasteiger partial charge is 0.494 e. The third-order valence-electron chi connectivity index (χ3n) is 5.05. The number of aromatic amines is 1. The summed E-state index contributed by atoms with van der Waals surface area (Å²) in [6.07, 6.45) is 11.8. The average Bonchev–Trinajstić information content (AvgIpc) is 3.40. The van der Waals surface area contributed by atoms with Gasteiger partial charge in [-0.25, -0.2) is 0 Å². The number of aromatic nitrogens is 2. The molecule has 3 rings (SSSR count). The molecule has 5 nitrogen and oxygen atoms in total. The maximum Gasteiger partial charge on any atom is 0.227 e. The lowest BCUT2D eigenvalue weighted by Gasteiger charge is -2.30. The van der Waals surface area contributed by atoms with Crippen molar-refractivity contribution in [2.75, 3.05) is 23.8 Å². The summed E-state index contributed by atoms with van der Waals surface area (Å²) in [5.41, 5.74) is 3.84. The summed E-state index contributed by atoms with van der Waals surface area (Å²) in [4.78, 5) is 15.9. The number of benzene rings is 1. The second-order valence-electron chi connectivity index (χ2n) is 7.35. The molecule has 0 radical (unpaired) electrons. The number of ether oxygens (including phenoxy) is 1. The Kier molecular flexibility index (Phi) is 11.5. The molecule has 2 heterocycles. The number of anilines is 1. The zero-order valence-electron chi connectivity index (χ0n) is 19.9. The van der Waals surface area contributed by atoms with E-state index in [2.05, 4.69) is 36.0 Å². The Morgan fingerprint density at radius 1 is 1.38 bits per heavy atom. The van der Waals surface area contributed by atoms with Gasteiger partial charge in [0, 0.05) is 51.5 Å². The summed E-state index contributed by atoms with van der Waals surface area (Å²) in [5.74, 6) is 1.47. The maximum absolute atomic E-state index is 12.9. The molecule has 0 saturated heterocycles. The second-order valence-corrected chi connectivity index (χ2v) is 8.86. The van der Waals surface area contributed by atoms with E-state index in [4.69, 9.17) is 16.3 Å². The molecular weight excluding hydrogens is 466 g/mol. The summed E-state index contributed by atoms with van der Waals surface area (Å²) >= 11 is 7.80. The third kappa shape index (κ3) is 7.54. The van der Waals surface area contributed by atoms with E-state index >= 15 is 0 Å². The minimum Gasteiger partial charge on any atom is -0.494 e. The Hall–Kier alpha value is -2.96. The van der Waals surface area contributed by atoms with E-state index in [9.17, 15) is 4.79 Å². The molecule has 0 bridgehead atoms. The van der Waals surface area contributed by atoms with Gasteiger partial charge in [-0.2, -0.15) is 5.10 Å². The van der Waals surface area contributed by atoms with Crippen LogP contribution in [0.3, 0.4) is 0 Å². The first-order valence-corrected chi connectivity index (χ1v) is 12.4. The van der Waals surface area contributed by atoms with Gasteiger partial charge in [0.15, 0.2) is 0 Å². The maximum atomic E-state index is 12.9. The number of halogens is 1. The van der Waals surface area contributed by atoms with Gasteiger partial charge in [-0.3, -0.25) is 9.89 Å². The molecule has 1 N–H and O–H groups in total. The smallest absolute Gasteiger partial charge is 0.227 e. The van der Waals surface area contributed by atoms with Crippen molar-refractivity contribution in [2.24, 2.45) is 0 Å². The van der Waals surface area contributed by atoms with Gasteiger partial charge in [-0.05, 0) is 26.3 Å². The number of carbonyl (C=O) groups is 1. The van der Waals surface area contributed by atoms with Crippen LogP contribution in [0.4, 0.5) is 5.69 Å². The Balaban J connectivity index is 0.000000739. The van der Waals surface area contributed by atoms with Crippen molar-refractivity contribution in [2.45, 2.75) is 31.6 Å². The molecule has 7 heteroatoms. The molecule has 34 heavy (non-hydrogen) atoms. The number of hydrogen-bond donors (Lipinski definition) is 1. The van der Waals surface area contributed by atoms with Crippen molar-refractivity contribution in [3.8, 4) is 11.1 Å². The minimum atomic E-state index is 0.0986. The van der Waals surface area contributed by atoms with E-state index in [1.54, 1.807) is 30.1 Å². The molecular formula is C27H32ClN3O2S. The molecule has 1 aliphatic rings. The summed E-state index contributed by atoms with van der Waals surface area (Å²) in [5, 5.41) is 7.41. The minimum absolute atomic E-state index is 0.0986. The fourth-order valence-corrected chi connectivity index (χ4v) is 4.47. The molecule has 0 saturated carbocycles. The Morgan fingerprint density at radius 3 is 2.79 bits per heavy atom. The number of rotatable bonds is 9. The molecule has 0 atom stereocenters. The summed E-state index contributed by atoms with van der Waals surface area (Å²) in [6, 6.07) is 6.06. The van der Waals surface area contributed by atoms with Gasteiger partial charge < -0.3 is 9.64 Å². The van der Waals surface area contributed by atoms with Gasteiger partial charge in [-0.15, -0.1) is 11.8 Å². The Labute approximate surface area is 211 Å². The highest BCUT2D eigenvalue weighted by atomic mass is 35.5. The van der Waals surface area contributed by atoms with Gasteiger partial charge >= 0.3 is 0 Å². The fourth-order valence-electron chi connectivity index (χ4n) is 3.22. The van der Waals surface area contributed by atoms with Crippen LogP contribution in [0.1, 0.15) is 26.7 Å². The first-order valence-electron chi connectivity index (χ1n) is 11.0. The lowest BCUT2D eigenvalue weighted by molar-refractivity contribution is -0.118. The van der Waals surface area contributed by atoms with Crippen LogP contribution in [0.5, 0.6) is 0 Å². The van der Waals surface area contributed by atoms with Crippen LogP contribution < -0.4 is 4.90 Å². The van der Waals surface area contributed by atoms with Gasteiger partial charge in [-0.1, -0.05) is 67.8 Å². The average molecular weight is 498 g/mol. The lowest BCUT2D eigenvalue weighted by Crippen LogP contribution is -2.35. The number of hydrogen-bond acceptors (Lipinski definition) is 4. The van der Waals surface area contributed by atoms with Gasteiger partial charge in [0.05, 0.1) is 18.5 Å². The Morgan fingerprint density at radius 2 is 2.18 bits per heavy atom. The van der Waals surface area contributed by atoms with Crippen molar-refractivity contribution in [3.05, 3.63) is 91.0 Å². The molecule has 0 aliphatic carbocycles. The molecule has 180 valence electrons. The van der Waals surface area contributed by atoms with Crippen molar-refractivity contribution >= 4 is 35.0 Å². The van der Waals surface area contributed by atoms with E-state index in [0.29, 0.717) is 36.8 Å². The number of carbonyl (C=O) groups excluding carboxylic acids is 1. The summed E-state index contributed by atoms with van der Waals surface area (Å²) < 4.78 is 5.63. The van der Waals surface area contributed by atoms with Crippen LogP contribution in [0.2, 0.25) is 0 Å². The molecule has 0 unspecified atom stereocenters. The van der Waals surface area contributed by atoms with Gasteiger partial charge in [0.1, 0.15) is 5.76 Å². The highest BCUT2D eigenvalue weighted by Gasteiger charge is 2.25. The first kappa shape index (κ1) is 27.3. The molecule has 0 fully saturated rings. The molecule has 0 spiro atoms. The number of H-pyrrole nitrogens is 1. The van der Waals surface area contributed by atoms with E-state index in [-0.39, 0.29) is 5.91 Å². The summed E-state index contributed by atoms with van der Waals surface area (Å²) in [7, 11) is 0. The number of thioether (sulfide) groups is 1. The number of nitrogens with one attached hydrogen (secondary N) is 1. The highest BCUT2D eigenvalue weighted by molar-refractivity contribution is 7.99.